The third-order valence-electron chi connectivity index (χ3n) is 3.41. The van der Waals surface area contributed by atoms with Crippen molar-refractivity contribution < 1.29 is 22.6 Å². The highest BCUT2D eigenvalue weighted by molar-refractivity contribution is 5.63. The van der Waals surface area contributed by atoms with Crippen LogP contribution < -0.4 is 9.47 Å². The number of rotatable bonds is 8. The Labute approximate surface area is 139 Å². The minimum atomic E-state index is -4.68. The first-order chi connectivity index (χ1) is 11.5. The molecule has 0 N–H and O–H groups in total. The number of nitrogens with zero attached hydrogens (tertiary/aromatic N) is 1. The number of hydrogen-bond acceptors (Lipinski definition) is 3. The molecule has 0 spiro atoms. The lowest BCUT2D eigenvalue weighted by molar-refractivity contribution is -0.274. The maximum Gasteiger partial charge on any atom is 0.573 e. The molecule has 2 rings (SSSR count). The van der Waals surface area contributed by atoms with Crippen molar-refractivity contribution in [3.63, 3.8) is 0 Å². The molecule has 130 valence electrons. The van der Waals surface area contributed by atoms with Crippen LogP contribution in [0.25, 0.3) is 11.1 Å². The van der Waals surface area contributed by atoms with Crippen molar-refractivity contribution in [2.75, 3.05) is 6.61 Å². The standard InChI is InChI=1S/C18H20F3NO2/c1-2-3-4-5-12-23-17-11-8-15(13-22-17)14-6-9-16(10-7-14)24-18(19,20)21/h6-11,13H,2-5,12H2,1H3. The zero-order valence-electron chi connectivity index (χ0n) is 13.5. The number of halogens is 3. The average molecular weight is 339 g/mol. The van der Waals surface area contributed by atoms with Gasteiger partial charge in [0.2, 0.25) is 5.88 Å². The summed E-state index contributed by atoms with van der Waals surface area (Å²) in [6.45, 7) is 2.79. The van der Waals surface area contributed by atoms with Gasteiger partial charge in [-0.15, -0.1) is 13.2 Å². The smallest absolute Gasteiger partial charge is 0.478 e. The van der Waals surface area contributed by atoms with Crippen LogP contribution in [0.1, 0.15) is 32.6 Å². The van der Waals surface area contributed by atoms with Crippen LogP contribution in [0, 0.1) is 0 Å². The third kappa shape index (κ3) is 6.10. The second kappa shape index (κ2) is 8.57. The molecule has 0 bridgehead atoms. The Morgan fingerprint density at radius 2 is 1.62 bits per heavy atom. The van der Waals surface area contributed by atoms with Crippen molar-refractivity contribution in [3.05, 3.63) is 42.6 Å². The van der Waals surface area contributed by atoms with E-state index in [1.807, 2.05) is 6.07 Å². The van der Waals surface area contributed by atoms with Gasteiger partial charge in [0.1, 0.15) is 5.75 Å². The zero-order valence-corrected chi connectivity index (χ0v) is 13.5. The molecule has 1 aromatic heterocycles. The molecular formula is C18H20F3NO2. The van der Waals surface area contributed by atoms with Crippen LogP contribution in [0.15, 0.2) is 42.6 Å². The van der Waals surface area contributed by atoms with E-state index in [0.29, 0.717) is 12.5 Å². The zero-order chi connectivity index (χ0) is 17.4. The van der Waals surface area contributed by atoms with Gasteiger partial charge < -0.3 is 9.47 Å². The molecule has 0 amide bonds. The highest BCUT2D eigenvalue weighted by Gasteiger charge is 2.30. The first-order valence-corrected chi connectivity index (χ1v) is 7.93. The summed E-state index contributed by atoms with van der Waals surface area (Å²) in [5.41, 5.74) is 1.55. The quantitative estimate of drug-likeness (QED) is 0.586. The Morgan fingerprint density at radius 1 is 0.917 bits per heavy atom. The summed E-state index contributed by atoms with van der Waals surface area (Å²) in [4.78, 5) is 4.22. The fourth-order valence-corrected chi connectivity index (χ4v) is 2.19. The molecule has 0 aliphatic heterocycles. The van der Waals surface area contributed by atoms with E-state index in [1.54, 1.807) is 24.4 Å². The van der Waals surface area contributed by atoms with E-state index >= 15 is 0 Å². The van der Waals surface area contributed by atoms with Crippen molar-refractivity contribution in [2.45, 2.75) is 39.0 Å². The van der Waals surface area contributed by atoms with Crippen LogP contribution in [-0.4, -0.2) is 18.0 Å². The molecule has 0 fully saturated rings. The minimum absolute atomic E-state index is 0.244. The summed E-state index contributed by atoms with van der Waals surface area (Å²) < 4.78 is 45.8. The van der Waals surface area contributed by atoms with Crippen LogP contribution in [-0.2, 0) is 0 Å². The molecule has 3 nitrogen and oxygen atoms in total. The topological polar surface area (TPSA) is 31.4 Å². The minimum Gasteiger partial charge on any atom is -0.478 e. The molecule has 0 saturated heterocycles. The molecule has 24 heavy (non-hydrogen) atoms. The van der Waals surface area contributed by atoms with Crippen LogP contribution in [0.5, 0.6) is 11.6 Å². The number of unbranched alkanes of at least 4 members (excludes halogenated alkanes) is 3. The van der Waals surface area contributed by atoms with Gasteiger partial charge in [-0.25, -0.2) is 4.98 Å². The first-order valence-electron chi connectivity index (χ1n) is 7.93. The van der Waals surface area contributed by atoms with Crippen molar-refractivity contribution in [3.8, 4) is 22.8 Å². The molecule has 1 heterocycles. The van der Waals surface area contributed by atoms with E-state index in [-0.39, 0.29) is 5.75 Å². The summed E-state index contributed by atoms with van der Waals surface area (Å²) in [6.07, 6.45) is 1.47. The Hall–Kier alpha value is -2.24. The van der Waals surface area contributed by atoms with Gasteiger partial charge in [0, 0.05) is 17.8 Å². The van der Waals surface area contributed by atoms with E-state index in [4.69, 9.17) is 4.74 Å². The molecule has 6 heteroatoms. The van der Waals surface area contributed by atoms with Gasteiger partial charge in [0.05, 0.1) is 6.61 Å². The third-order valence-corrected chi connectivity index (χ3v) is 3.41. The molecule has 1 aromatic carbocycles. The second-order valence-electron chi connectivity index (χ2n) is 5.37. The molecule has 0 aliphatic carbocycles. The van der Waals surface area contributed by atoms with Gasteiger partial charge in [0.25, 0.3) is 0 Å². The summed E-state index contributed by atoms with van der Waals surface area (Å²) in [6, 6.07) is 9.26. The number of ether oxygens (including phenoxy) is 2. The van der Waals surface area contributed by atoms with Crippen molar-refractivity contribution in [2.24, 2.45) is 0 Å². The molecule has 0 saturated carbocycles. The first kappa shape index (κ1) is 18.1. The highest BCUT2D eigenvalue weighted by Crippen LogP contribution is 2.26. The molecular weight excluding hydrogens is 319 g/mol. The lowest BCUT2D eigenvalue weighted by Gasteiger charge is -2.09. The highest BCUT2D eigenvalue weighted by atomic mass is 19.4. The molecule has 2 aromatic rings. The van der Waals surface area contributed by atoms with E-state index < -0.39 is 6.36 Å². The van der Waals surface area contributed by atoms with Crippen molar-refractivity contribution in [1.82, 2.24) is 4.98 Å². The number of benzene rings is 1. The molecule has 0 atom stereocenters. The number of alkyl halides is 3. The van der Waals surface area contributed by atoms with Crippen LogP contribution in [0.4, 0.5) is 13.2 Å². The van der Waals surface area contributed by atoms with E-state index in [2.05, 4.69) is 16.6 Å². The Kier molecular flexibility index (Phi) is 6.46. The summed E-state index contributed by atoms with van der Waals surface area (Å²) >= 11 is 0. The second-order valence-corrected chi connectivity index (χ2v) is 5.37. The number of aromatic nitrogens is 1. The summed E-state index contributed by atoms with van der Waals surface area (Å²) in [5.74, 6) is 0.304. The Morgan fingerprint density at radius 3 is 2.21 bits per heavy atom. The number of pyridine rings is 1. The van der Waals surface area contributed by atoms with Crippen LogP contribution in [0.3, 0.4) is 0 Å². The maximum absolute atomic E-state index is 12.1. The van der Waals surface area contributed by atoms with Gasteiger partial charge in [-0.05, 0) is 30.2 Å². The lowest BCUT2D eigenvalue weighted by atomic mass is 10.1. The predicted molar refractivity (Wildman–Crippen MR) is 86.0 cm³/mol. The van der Waals surface area contributed by atoms with Gasteiger partial charge >= 0.3 is 6.36 Å². The Bertz CT molecular complexity index is 610. The van der Waals surface area contributed by atoms with Crippen LogP contribution in [0.2, 0.25) is 0 Å². The van der Waals surface area contributed by atoms with Crippen LogP contribution >= 0.6 is 0 Å². The van der Waals surface area contributed by atoms with Gasteiger partial charge in [-0.1, -0.05) is 38.3 Å². The SMILES string of the molecule is CCCCCCOc1ccc(-c2ccc(OC(F)(F)F)cc2)cn1. The van der Waals surface area contributed by atoms with Gasteiger partial charge in [-0.3, -0.25) is 0 Å². The number of hydrogen-bond donors (Lipinski definition) is 0. The molecule has 0 aliphatic rings. The maximum atomic E-state index is 12.1. The average Bonchev–Trinajstić information content (AvgIpc) is 2.55. The summed E-state index contributed by atoms with van der Waals surface area (Å²) in [7, 11) is 0. The van der Waals surface area contributed by atoms with Crippen molar-refractivity contribution in [1.29, 1.82) is 0 Å². The van der Waals surface area contributed by atoms with Gasteiger partial charge in [-0.2, -0.15) is 0 Å². The molecule has 0 unspecified atom stereocenters. The normalized spacial score (nSPS) is 11.3. The molecule has 0 radical (unpaired) electrons. The predicted octanol–water partition coefficient (Wildman–Crippen LogP) is 5.61. The monoisotopic (exact) mass is 339 g/mol. The fraction of sp³-hybridized carbons (Fsp3) is 0.389. The van der Waals surface area contributed by atoms with E-state index in [1.165, 1.54) is 25.0 Å². The van der Waals surface area contributed by atoms with Crippen molar-refractivity contribution >= 4 is 0 Å². The Balaban J connectivity index is 1.90. The van der Waals surface area contributed by atoms with E-state index in [0.717, 1.165) is 24.0 Å². The largest absolute Gasteiger partial charge is 0.573 e. The van der Waals surface area contributed by atoms with E-state index in [9.17, 15) is 13.2 Å². The fourth-order valence-electron chi connectivity index (χ4n) is 2.19. The summed E-state index contributed by atoms with van der Waals surface area (Å²) in [5, 5.41) is 0. The lowest BCUT2D eigenvalue weighted by Crippen LogP contribution is -2.16. The van der Waals surface area contributed by atoms with Gasteiger partial charge in [0.15, 0.2) is 0 Å².